The SMILES string of the molecule is CCNC(=O)c1cc2sccc2n1[C@H](C)c1ccccc1. The highest BCUT2D eigenvalue weighted by Crippen LogP contribution is 2.31. The predicted molar refractivity (Wildman–Crippen MR) is 88.1 cm³/mol. The minimum Gasteiger partial charge on any atom is -0.351 e. The molecule has 0 unspecified atom stereocenters. The van der Waals surface area contributed by atoms with E-state index in [0.717, 1.165) is 15.9 Å². The number of amides is 1. The summed E-state index contributed by atoms with van der Waals surface area (Å²) < 4.78 is 3.28. The van der Waals surface area contributed by atoms with Crippen molar-refractivity contribution in [3.8, 4) is 0 Å². The van der Waals surface area contributed by atoms with Crippen LogP contribution in [0.15, 0.2) is 47.8 Å². The highest BCUT2D eigenvalue weighted by atomic mass is 32.1. The minimum atomic E-state index is -0.0105. The fraction of sp³-hybridized carbons (Fsp3) is 0.235. The van der Waals surface area contributed by atoms with E-state index in [0.29, 0.717) is 6.54 Å². The molecule has 0 aliphatic rings. The van der Waals surface area contributed by atoms with Gasteiger partial charge in [-0.2, -0.15) is 0 Å². The maximum absolute atomic E-state index is 12.3. The van der Waals surface area contributed by atoms with Crippen molar-refractivity contribution in [2.75, 3.05) is 6.54 Å². The zero-order chi connectivity index (χ0) is 14.8. The fourth-order valence-corrected chi connectivity index (χ4v) is 3.48. The molecule has 0 spiro atoms. The van der Waals surface area contributed by atoms with Crippen molar-refractivity contribution in [1.29, 1.82) is 0 Å². The van der Waals surface area contributed by atoms with E-state index >= 15 is 0 Å². The Morgan fingerprint density at radius 3 is 2.76 bits per heavy atom. The van der Waals surface area contributed by atoms with Gasteiger partial charge in [-0.1, -0.05) is 30.3 Å². The summed E-state index contributed by atoms with van der Waals surface area (Å²) in [5.41, 5.74) is 3.06. The van der Waals surface area contributed by atoms with Crippen LogP contribution < -0.4 is 5.32 Å². The average Bonchev–Trinajstić information content (AvgIpc) is 3.08. The lowest BCUT2D eigenvalue weighted by atomic mass is 10.1. The number of aromatic nitrogens is 1. The van der Waals surface area contributed by atoms with Crippen molar-refractivity contribution in [3.05, 3.63) is 59.1 Å². The van der Waals surface area contributed by atoms with Gasteiger partial charge in [0.25, 0.3) is 5.91 Å². The van der Waals surface area contributed by atoms with Crippen LogP contribution in [0.25, 0.3) is 10.2 Å². The van der Waals surface area contributed by atoms with Gasteiger partial charge in [0.2, 0.25) is 0 Å². The Morgan fingerprint density at radius 2 is 2.05 bits per heavy atom. The van der Waals surface area contributed by atoms with Crippen molar-refractivity contribution in [3.63, 3.8) is 0 Å². The van der Waals surface area contributed by atoms with E-state index in [-0.39, 0.29) is 11.9 Å². The van der Waals surface area contributed by atoms with E-state index in [1.807, 2.05) is 31.2 Å². The number of nitrogens with one attached hydrogen (secondary N) is 1. The molecule has 0 saturated carbocycles. The maximum atomic E-state index is 12.3. The second-order valence-corrected chi connectivity index (χ2v) is 5.96. The molecule has 0 saturated heterocycles. The first-order chi connectivity index (χ1) is 10.2. The van der Waals surface area contributed by atoms with Crippen LogP contribution >= 0.6 is 11.3 Å². The molecular weight excluding hydrogens is 280 g/mol. The second kappa shape index (κ2) is 5.74. The van der Waals surface area contributed by atoms with Crippen molar-refractivity contribution in [2.24, 2.45) is 0 Å². The van der Waals surface area contributed by atoms with Crippen LogP contribution in [-0.4, -0.2) is 17.0 Å². The van der Waals surface area contributed by atoms with Crippen LogP contribution in [0, 0.1) is 0 Å². The summed E-state index contributed by atoms with van der Waals surface area (Å²) in [6, 6.07) is 14.5. The van der Waals surface area contributed by atoms with Gasteiger partial charge in [-0.05, 0) is 36.9 Å². The van der Waals surface area contributed by atoms with Gasteiger partial charge in [0.05, 0.1) is 16.3 Å². The molecule has 1 atom stereocenters. The fourth-order valence-electron chi connectivity index (χ4n) is 2.67. The van der Waals surface area contributed by atoms with Gasteiger partial charge in [-0.25, -0.2) is 0 Å². The van der Waals surface area contributed by atoms with Gasteiger partial charge >= 0.3 is 0 Å². The summed E-state index contributed by atoms with van der Waals surface area (Å²) >= 11 is 1.67. The van der Waals surface area contributed by atoms with Crippen LogP contribution in [0.1, 0.15) is 35.9 Å². The zero-order valence-electron chi connectivity index (χ0n) is 12.2. The molecule has 21 heavy (non-hydrogen) atoms. The molecule has 1 amide bonds. The number of benzene rings is 1. The molecule has 0 bridgehead atoms. The van der Waals surface area contributed by atoms with Gasteiger partial charge < -0.3 is 9.88 Å². The van der Waals surface area contributed by atoms with Gasteiger partial charge in [0.15, 0.2) is 0 Å². The predicted octanol–water partition coefficient (Wildman–Crippen LogP) is 4.06. The lowest BCUT2D eigenvalue weighted by molar-refractivity contribution is 0.0946. The first kappa shape index (κ1) is 13.9. The number of hydrogen-bond acceptors (Lipinski definition) is 2. The number of nitrogens with zero attached hydrogens (tertiary/aromatic N) is 1. The normalized spacial score (nSPS) is 12.5. The summed E-state index contributed by atoms with van der Waals surface area (Å²) in [5, 5.41) is 4.97. The second-order valence-electron chi connectivity index (χ2n) is 5.02. The number of rotatable bonds is 4. The van der Waals surface area contributed by atoms with E-state index in [2.05, 4.69) is 40.4 Å². The molecule has 0 aliphatic carbocycles. The molecule has 2 aromatic heterocycles. The molecule has 0 aliphatic heterocycles. The summed E-state index contributed by atoms with van der Waals surface area (Å²) in [7, 11) is 0. The Balaban J connectivity index is 2.13. The number of carbonyl (C=O) groups is 1. The Morgan fingerprint density at radius 1 is 1.29 bits per heavy atom. The summed E-state index contributed by atoms with van der Waals surface area (Å²) in [6.07, 6.45) is 0. The highest BCUT2D eigenvalue weighted by molar-refractivity contribution is 7.17. The summed E-state index contributed by atoms with van der Waals surface area (Å²) in [4.78, 5) is 12.3. The molecule has 3 aromatic rings. The molecule has 2 heterocycles. The minimum absolute atomic E-state index is 0.0105. The number of carbonyl (C=O) groups excluding carboxylic acids is 1. The Bertz CT molecular complexity index is 758. The maximum Gasteiger partial charge on any atom is 0.267 e. The Kier molecular flexibility index (Phi) is 3.80. The van der Waals surface area contributed by atoms with E-state index < -0.39 is 0 Å². The topological polar surface area (TPSA) is 34.0 Å². The van der Waals surface area contributed by atoms with Gasteiger partial charge in [-0.15, -0.1) is 11.3 Å². The third kappa shape index (κ3) is 2.47. The molecule has 1 aromatic carbocycles. The van der Waals surface area contributed by atoms with E-state index in [4.69, 9.17) is 0 Å². The van der Waals surface area contributed by atoms with Crippen molar-refractivity contribution < 1.29 is 4.79 Å². The van der Waals surface area contributed by atoms with Crippen molar-refractivity contribution >= 4 is 27.5 Å². The summed E-state index contributed by atoms with van der Waals surface area (Å²) in [6.45, 7) is 4.71. The molecule has 0 radical (unpaired) electrons. The third-order valence-corrected chi connectivity index (χ3v) is 4.55. The van der Waals surface area contributed by atoms with Crippen LogP contribution in [0.3, 0.4) is 0 Å². The van der Waals surface area contributed by atoms with Crippen molar-refractivity contribution in [1.82, 2.24) is 9.88 Å². The van der Waals surface area contributed by atoms with Crippen LogP contribution in [0.2, 0.25) is 0 Å². The third-order valence-electron chi connectivity index (χ3n) is 3.70. The lowest BCUT2D eigenvalue weighted by Crippen LogP contribution is -2.26. The van der Waals surface area contributed by atoms with E-state index in [1.165, 1.54) is 5.56 Å². The number of thiophene rings is 1. The van der Waals surface area contributed by atoms with Gasteiger partial charge in [0, 0.05) is 6.54 Å². The highest BCUT2D eigenvalue weighted by Gasteiger charge is 2.20. The van der Waals surface area contributed by atoms with Crippen LogP contribution in [0.4, 0.5) is 0 Å². The van der Waals surface area contributed by atoms with E-state index in [9.17, 15) is 4.79 Å². The Hall–Kier alpha value is -2.07. The molecule has 3 rings (SSSR count). The first-order valence-corrected chi connectivity index (χ1v) is 8.02. The van der Waals surface area contributed by atoms with Gasteiger partial charge in [0.1, 0.15) is 5.69 Å². The standard InChI is InChI=1S/C17H18N2OS/c1-3-18-17(20)15-11-16-14(9-10-21-16)19(15)12(2)13-7-5-4-6-8-13/h4-12H,3H2,1-2H3,(H,18,20)/t12-/m1/s1. The molecule has 3 nitrogen and oxygen atoms in total. The van der Waals surface area contributed by atoms with Crippen molar-refractivity contribution in [2.45, 2.75) is 19.9 Å². The average molecular weight is 298 g/mol. The quantitative estimate of drug-likeness (QED) is 0.774. The van der Waals surface area contributed by atoms with Crippen LogP contribution in [-0.2, 0) is 0 Å². The molecule has 0 fully saturated rings. The molecule has 4 heteroatoms. The Labute approximate surface area is 128 Å². The van der Waals surface area contributed by atoms with E-state index in [1.54, 1.807) is 11.3 Å². The number of hydrogen-bond donors (Lipinski definition) is 1. The van der Waals surface area contributed by atoms with Gasteiger partial charge in [-0.3, -0.25) is 4.79 Å². The largest absolute Gasteiger partial charge is 0.351 e. The lowest BCUT2D eigenvalue weighted by Gasteiger charge is -2.18. The smallest absolute Gasteiger partial charge is 0.267 e. The zero-order valence-corrected chi connectivity index (χ0v) is 13.0. The number of fused-ring (bicyclic) bond motifs is 1. The first-order valence-electron chi connectivity index (χ1n) is 7.14. The molecule has 108 valence electrons. The molecular formula is C17H18N2OS. The molecule has 1 N–H and O–H groups in total. The van der Waals surface area contributed by atoms with Crippen LogP contribution in [0.5, 0.6) is 0 Å². The monoisotopic (exact) mass is 298 g/mol. The summed E-state index contributed by atoms with van der Waals surface area (Å²) in [5.74, 6) is -0.0105.